The van der Waals surface area contributed by atoms with Crippen LogP contribution in [0.3, 0.4) is 0 Å². The first-order valence-corrected chi connectivity index (χ1v) is 7.94. The molecular weight excluding hydrogens is 278 g/mol. The molecule has 1 aromatic carbocycles. The van der Waals surface area contributed by atoms with Crippen molar-refractivity contribution in [1.29, 1.82) is 0 Å². The van der Waals surface area contributed by atoms with Gasteiger partial charge in [-0.15, -0.1) is 0 Å². The molecule has 0 radical (unpaired) electrons. The van der Waals surface area contributed by atoms with Gasteiger partial charge in [0, 0.05) is 11.4 Å². The molecule has 1 atom stereocenters. The number of para-hydroxylation sites is 1. The number of H-pyrrole nitrogens is 1. The first kappa shape index (κ1) is 13.0. The second kappa shape index (κ2) is 4.41. The van der Waals surface area contributed by atoms with Crippen LogP contribution >= 0.6 is 12.2 Å². The Labute approximate surface area is 129 Å². The Balaban J connectivity index is 2.02. The van der Waals surface area contributed by atoms with Crippen LogP contribution in [0, 0.1) is 10.2 Å². The number of aromatic amines is 1. The van der Waals surface area contributed by atoms with Crippen LogP contribution in [0.25, 0.3) is 21.9 Å². The predicted molar refractivity (Wildman–Crippen MR) is 89.1 cm³/mol. The van der Waals surface area contributed by atoms with Crippen molar-refractivity contribution in [3.8, 4) is 0 Å². The fraction of sp³-hybridized carbons (Fsp3) is 0.412. The third-order valence-electron chi connectivity index (χ3n) is 4.76. The lowest BCUT2D eigenvalue weighted by Gasteiger charge is -2.18. The molecule has 1 saturated carbocycles. The van der Waals surface area contributed by atoms with E-state index >= 15 is 0 Å². The highest BCUT2D eigenvalue weighted by molar-refractivity contribution is 7.71. The maximum absolute atomic E-state index is 5.61. The van der Waals surface area contributed by atoms with Crippen molar-refractivity contribution in [2.45, 2.75) is 39.2 Å². The van der Waals surface area contributed by atoms with Crippen molar-refractivity contribution in [2.24, 2.45) is 5.41 Å². The number of nitrogens with one attached hydrogen (secondary N) is 1. The van der Waals surface area contributed by atoms with E-state index in [1.165, 1.54) is 30.2 Å². The summed E-state index contributed by atoms with van der Waals surface area (Å²) in [5.41, 5.74) is 3.70. The zero-order valence-electron chi connectivity index (χ0n) is 12.4. The van der Waals surface area contributed by atoms with E-state index in [0.717, 1.165) is 15.8 Å². The molecule has 108 valence electrons. The number of hydrogen-bond donors (Lipinski definition) is 1. The maximum atomic E-state index is 5.61. The second-order valence-corrected chi connectivity index (χ2v) is 7.29. The van der Waals surface area contributed by atoms with Crippen molar-refractivity contribution in [1.82, 2.24) is 14.5 Å². The summed E-state index contributed by atoms with van der Waals surface area (Å²) in [5, 5.41) is 1.19. The summed E-state index contributed by atoms with van der Waals surface area (Å²) in [6, 6.07) is 8.80. The van der Waals surface area contributed by atoms with Crippen LogP contribution < -0.4 is 0 Å². The fourth-order valence-electron chi connectivity index (χ4n) is 3.72. The van der Waals surface area contributed by atoms with Gasteiger partial charge in [-0.3, -0.25) is 4.98 Å². The third kappa shape index (κ3) is 2.01. The average molecular weight is 297 g/mol. The standard InChI is InChI=1S/C17H19N3S/c1-17(2)8-7-11(9-17)20-15-12-5-3-4-6-13(12)18-10-14(15)19-16(20)21/h3-6,10-11H,7-9H2,1-2H3,(H,19,21). The summed E-state index contributed by atoms with van der Waals surface area (Å²) in [4.78, 5) is 7.87. The lowest BCUT2D eigenvalue weighted by Crippen LogP contribution is -2.09. The molecule has 1 fully saturated rings. The van der Waals surface area contributed by atoms with E-state index in [4.69, 9.17) is 12.2 Å². The normalized spacial score (nSPS) is 21.3. The Morgan fingerprint density at radius 1 is 1.33 bits per heavy atom. The van der Waals surface area contributed by atoms with Gasteiger partial charge in [-0.1, -0.05) is 32.0 Å². The Kier molecular flexibility index (Phi) is 2.73. The molecule has 0 spiro atoms. The van der Waals surface area contributed by atoms with Gasteiger partial charge in [0.1, 0.15) is 0 Å². The Hall–Kier alpha value is -1.68. The van der Waals surface area contributed by atoms with E-state index in [1.807, 2.05) is 12.3 Å². The number of benzene rings is 1. The minimum absolute atomic E-state index is 0.409. The molecule has 2 heterocycles. The highest BCUT2D eigenvalue weighted by Crippen LogP contribution is 2.45. The van der Waals surface area contributed by atoms with Crippen LogP contribution in [0.15, 0.2) is 30.5 Å². The van der Waals surface area contributed by atoms with Crippen LogP contribution in [0.2, 0.25) is 0 Å². The molecule has 21 heavy (non-hydrogen) atoms. The number of aromatic nitrogens is 3. The van der Waals surface area contributed by atoms with Gasteiger partial charge >= 0.3 is 0 Å². The van der Waals surface area contributed by atoms with Gasteiger partial charge in [0.15, 0.2) is 4.77 Å². The van der Waals surface area contributed by atoms with Gasteiger partial charge in [0.2, 0.25) is 0 Å². The summed E-state index contributed by atoms with van der Waals surface area (Å²) < 4.78 is 3.16. The first-order chi connectivity index (χ1) is 10.1. The van der Waals surface area contributed by atoms with Crippen LogP contribution in [0.1, 0.15) is 39.2 Å². The number of pyridine rings is 1. The van der Waals surface area contributed by atoms with Crippen molar-refractivity contribution in [2.75, 3.05) is 0 Å². The molecule has 0 aliphatic heterocycles. The van der Waals surface area contributed by atoms with Crippen LogP contribution in [-0.2, 0) is 0 Å². The third-order valence-corrected chi connectivity index (χ3v) is 5.05. The molecule has 3 nitrogen and oxygen atoms in total. The molecule has 4 heteroatoms. The minimum atomic E-state index is 0.409. The van der Waals surface area contributed by atoms with Gasteiger partial charge in [0.25, 0.3) is 0 Å². The van der Waals surface area contributed by atoms with Gasteiger partial charge in [-0.25, -0.2) is 0 Å². The molecular formula is C17H19N3S. The molecule has 1 aliphatic rings. The Bertz CT molecular complexity index is 888. The summed E-state index contributed by atoms with van der Waals surface area (Å²) in [6.45, 7) is 4.70. The highest BCUT2D eigenvalue weighted by Gasteiger charge is 2.33. The van der Waals surface area contributed by atoms with Gasteiger partial charge in [0.05, 0.1) is 22.7 Å². The quantitative estimate of drug-likeness (QED) is 0.641. The Morgan fingerprint density at radius 2 is 2.14 bits per heavy atom. The van der Waals surface area contributed by atoms with Crippen LogP contribution in [0.4, 0.5) is 0 Å². The predicted octanol–water partition coefficient (Wildman–Crippen LogP) is 5.00. The zero-order chi connectivity index (χ0) is 14.6. The van der Waals surface area contributed by atoms with E-state index in [1.54, 1.807) is 0 Å². The molecule has 1 aliphatic carbocycles. The van der Waals surface area contributed by atoms with Crippen molar-refractivity contribution in [3.05, 3.63) is 35.2 Å². The molecule has 0 saturated heterocycles. The number of rotatable bonds is 1. The number of nitrogens with zero attached hydrogens (tertiary/aromatic N) is 2. The molecule has 4 rings (SSSR count). The monoisotopic (exact) mass is 297 g/mol. The average Bonchev–Trinajstić information content (AvgIpc) is 2.97. The highest BCUT2D eigenvalue weighted by atomic mass is 32.1. The van der Waals surface area contributed by atoms with Crippen molar-refractivity contribution < 1.29 is 0 Å². The van der Waals surface area contributed by atoms with E-state index in [9.17, 15) is 0 Å². The topological polar surface area (TPSA) is 33.6 Å². The summed E-state index contributed by atoms with van der Waals surface area (Å²) >= 11 is 5.61. The number of imidazole rings is 1. The summed E-state index contributed by atoms with van der Waals surface area (Å²) in [6.07, 6.45) is 5.55. The summed E-state index contributed by atoms with van der Waals surface area (Å²) in [5.74, 6) is 0. The molecule has 1 unspecified atom stereocenters. The first-order valence-electron chi connectivity index (χ1n) is 7.53. The molecule has 0 bridgehead atoms. The molecule has 2 aromatic heterocycles. The molecule has 0 amide bonds. The lowest BCUT2D eigenvalue weighted by atomic mass is 9.92. The van der Waals surface area contributed by atoms with E-state index in [0.29, 0.717) is 11.5 Å². The number of hydrogen-bond acceptors (Lipinski definition) is 2. The minimum Gasteiger partial charge on any atom is -0.329 e. The number of fused-ring (bicyclic) bond motifs is 3. The van der Waals surface area contributed by atoms with Crippen molar-refractivity contribution >= 4 is 34.2 Å². The summed E-state index contributed by atoms with van der Waals surface area (Å²) in [7, 11) is 0. The van der Waals surface area contributed by atoms with Gasteiger partial charge < -0.3 is 9.55 Å². The second-order valence-electron chi connectivity index (χ2n) is 6.90. The SMILES string of the molecule is CC1(C)CCC(n2c(=S)[nH]c3cnc4ccccc4c32)C1. The smallest absolute Gasteiger partial charge is 0.178 e. The van der Waals surface area contributed by atoms with Gasteiger partial charge in [-0.2, -0.15) is 0 Å². The lowest BCUT2D eigenvalue weighted by molar-refractivity contribution is 0.360. The van der Waals surface area contributed by atoms with Crippen LogP contribution in [-0.4, -0.2) is 14.5 Å². The van der Waals surface area contributed by atoms with E-state index in [-0.39, 0.29) is 0 Å². The van der Waals surface area contributed by atoms with E-state index in [2.05, 4.69) is 46.6 Å². The Morgan fingerprint density at radius 3 is 2.90 bits per heavy atom. The largest absolute Gasteiger partial charge is 0.329 e. The fourth-order valence-corrected chi connectivity index (χ4v) is 4.07. The maximum Gasteiger partial charge on any atom is 0.178 e. The van der Waals surface area contributed by atoms with Gasteiger partial charge in [-0.05, 0) is 43.0 Å². The van der Waals surface area contributed by atoms with Crippen molar-refractivity contribution in [3.63, 3.8) is 0 Å². The van der Waals surface area contributed by atoms with Crippen LogP contribution in [0.5, 0.6) is 0 Å². The molecule has 1 N–H and O–H groups in total. The van der Waals surface area contributed by atoms with E-state index < -0.39 is 0 Å². The molecule has 3 aromatic rings. The zero-order valence-corrected chi connectivity index (χ0v) is 13.2.